The minimum Gasteiger partial charge on any atom is -0.503 e. The number of aromatic nitrogens is 1. The number of pyridine rings is 1. The van der Waals surface area contributed by atoms with Gasteiger partial charge in [-0.2, -0.15) is 0 Å². The van der Waals surface area contributed by atoms with Crippen molar-refractivity contribution in [1.82, 2.24) is 4.98 Å². The van der Waals surface area contributed by atoms with Crippen molar-refractivity contribution >= 4 is 11.8 Å². The number of carbonyl (C=O) groups excluding carboxylic acids is 2. The van der Waals surface area contributed by atoms with Crippen LogP contribution in [0.5, 0.6) is 17.2 Å². The predicted molar refractivity (Wildman–Crippen MR) is 136 cm³/mol. The average Bonchev–Trinajstić information content (AvgIpc) is 2.87. The third-order valence-electron chi connectivity index (χ3n) is 5.97. The maximum Gasteiger partial charge on any atom is 0.310 e. The number of para-hydroxylation sites is 1. The van der Waals surface area contributed by atoms with E-state index in [4.69, 9.17) is 18.9 Å². The molecule has 0 saturated heterocycles. The molecule has 1 aromatic carbocycles. The van der Waals surface area contributed by atoms with Gasteiger partial charge in [0, 0.05) is 25.3 Å². The Labute approximate surface area is 213 Å². The molecular weight excluding hydrogens is 462 g/mol. The number of hydrogen-bond donors (Lipinski definition) is 1. The Morgan fingerprint density at radius 1 is 1.06 bits per heavy atom. The van der Waals surface area contributed by atoms with Crippen LogP contribution in [0.2, 0.25) is 0 Å². The third kappa shape index (κ3) is 7.95. The molecular formula is C28H39NO7. The van der Waals surface area contributed by atoms with Crippen LogP contribution in [0.4, 0.5) is 0 Å². The highest BCUT2D eigenvalue weighted by Crippen LogP contribution is 2.30. The van der Waals surface area contributed by atoms with Crippen LogP contribution in [-0.4, -0.2) is 53.9 Å². The van der Waals surface area contributed by atoms with E-state index in [1.807, 2.05) is 58.0 Å². The van der Waals surface area contributed by atoms with Crippen LogP contribution in [0.15, 0.2) is 42.6 Å². The van der Waals surface area contributed by atoms with E-state index in [1.54, 1.807) is 6.92 Å². The Morgan fingerprint density at radius 3 is 2.33 bits per heavy atom. The Kier molecular flexibility index (Phi) is 11.7. The largest absolute Gasteiger partial charge is 0.503 e. The van der Waals surface area contributed by atoms with Crippen molar-refractivity contribution in [2.75, 3.05) is 13.7 Å². The zero-order valence-electron chi connectivity index (χ0n) is 22.1. The molecule has 0 aliphatic heterocycles. The van der Waals surface area contributed by atoms with Crippen molar-refractivity contribution in [3.05, 3.63) is 48.3 Å². The number of aromatic hydroxyl groups is 1. The van der Waals surface area contributed by atoms with Crippen molar-refractivity contribution in [3.63, 3.8) is 0 Å². The van der Waals surface area contributed by atoms with E-state index in [0.29, 0.717) is 18.8 Å². The lowest BCUT2D eigenvalue weighted by molar-refractivity contribution is -0.164. The molecule has 8 heteroatoms. The summed E-state index contributed by atoms with van der Waals surface area (Å²) in [4.78, 5) is 30.2. The van der Waals surface area contributed by atoms with Gasteiger partial charge in [-0.3, -0.25) is 9.59 Å². The van der Waals surface area contributed by atoms with Gasteiger partial charge in [-0.25, -0.2) is 4.98 Å². The van der Waals surface area contributed by atoms with Crippen molar-refractivity contribution in [2.45, 2.75) is 72.2 Å². The highest BCUT2D eigenvalue weighted by Gasteiger charge is 2.35. The first-order chi connectivity index (χ1) is 17.2. The normalized spacial score (nSPS) is 14.5. The molecule has 0 aliphatic carbocycles. The van der Waals surface area contributed by atoms with Gasteiger partial charge >= 0.3 is 5.97 Å². The number of ketones is 1. The van der Waals surface area contributed by atoms with Gasteiger partial charge < -0.3 is 24.1 Å². The molecule has 2 rings (SSSR count). The van der Waals surface area contributed by atoms with Crippen molar-refractivity contribution in [2.24, 2.45) is 11.8 Å². The molecule has 1 aromatic heterocycles. The summed E-state index contributed by atoms with van der Waals surface area (Å²) < 4.78 is 23.2. The summed E-state index contributed by atoms with van der Waals surface area (Å²) in [6.45, 7) is 10.1. The summed E-state index contributed by atoms with van der Waals surface area (Å²) in [5.74, 6) is -1.45. The van der Waals surface area contributed by atoms with Crippen molar-refractivity contribution in [1.29, 1.82) is 0 Å². The second-order valence-corrected chi connectivity index (χ2v) is 9.04. The van der Waals surface area contributed by atoms with Crippen molar-refractivity contribution in [3.8, 4) is 17.2 Å². The number of methoxy groups -OCH3 is 1. The van der Waals surface area contributed by atoms with E-state index in [1.165, 1.54) is 19.4 Å². The van der Waals surface area contributed by atoms with Crippen LogP contribution >= 0.6 is 0 Å². The molecule has 0 unspecified atom stereocenters. The van der Waals surface area contributed by atoms with Gasteiger partial charge in [0.15, 0.2) is 29.1 Å². The zero-order valence-corrected chi connectivity index (χ0v) is 22.1. The van der Waals surface area contributed by atoms with Crippen LogP contribution in [0.1, 0.15) is 64.4 Å². The summed E-state index contributed by atoms with van der Waals surface area (Å²) in [7, 11) is 1.39. The minimum absolute atomic E-state index is 0.134. The summed E-state index contributed by atoms with van der Waals surface area (Å²) >= 11 is 0. The molecule has 8 nitrogen and oxygen atoms in total. The van der Waals surface area contributed by atoms with Crippen molar-refractivity contribution < 1.29 is 33.6 Å². The summed E-state index contributed by atoms with van der Waals surface area (Å²) in [6, 6.07) is 10.8. The number of ether oxygens (including phenoxy) is 4. The number of carbonyl (C=O) groups is 2. The standard InChI is InChI=1S/C28H39NO7/c1-7-16-34-23(8-2)27(36-20-12-10-9-11-13-20)19(5)35-28(32)21(18(3)4)17-22(30)25-26(31)24(33-6)14-15-29-25/h9-15,18-19,21,23,27,31H,7-8,16-17H2,1-6H3/t19-,21-,23-,27-/m0/s1. The Bertz CT molecular complexity index is 964. The van der Waals surface area contributed by atoms with Crippen LogP contribution in [0, 0.1) is 11.8 Å². The molecule has 0 bridgehead atoms. The lowest BCUT2D eigenvalue weighted by Crippen LogP contribution is -2.45. The minimum atomic E-state index is -0.735. The third-order valence-corrected chi connectivity index (χ3v) is 5.97. The number of benzene rings is 1. The second-order valence-electron chi connectivity index (χ2n) is 9.04. The van der Waals surface area contributed by atoms with E-state index in [0.717, 1.165) is 6.42 Å². The lowest BCUT2D eigenvalue weighted by atomic mass is 9.89. The van der Waals surface area contributed by atoms with Crippen LogP contribution in [-0.2, 0) is 14.3 Å². The number of rotatable bonds is 15. The van der Waals surface area contributed by atoms with Gasteiger partial charge in [0.05, 0.1) is 19.1 Å². The molecule has 0 fully saturated rings. The van der Waals surface area contributed by atoms with E-state index >= 15 is 0 Å². The fourth-order valence-corrected chi connectivity index (χ4v) is 3.87. The summed E-state index contributed by atoms with van der Waals surface area (Å²) in [5.41, 5.74) is -0.134. The molecule has 0 spiro atoms. The van der Waals surface area contributed by atoms with Gasteiger partial charge in [0.1, 0.15) is 11.9 Å². The van der Waals surface area contributed by atoms with Crippen LogP contribution in [0.25, 0.3) is 0 Å². The number of hydrogen-bond acceptors (Lipinski definition) is 8. The molecule has 1 N–H and O–H groups in total. The fraction of sp³-hybridized carbons (Fsp3) is 0.536. The van der Waals surface area contributed by atoms with Crippen LogP contribution < -0.4 is 9.47 Å². The van der Waals surface area contributed by atoms with E-state index < -0.39 is 29.9 Å². The first kappa shape index (κ1) is 29.1. The number of nitrogens with zero attached hydrogens (tertiary/aromatic N) is 1. The van der Waals surface area contributed by atoms with E-state index in [2.05, 4.69) is 4.98 Å². The second kappa shape index (κ2) is 14.4. The Balaban J connectivity index is 2.20. The van der Waals surface area contributed by atoms with E-state index in [9.17, 15) is 14.7 Å². The average molecular weight is 502 g/mol. The van der Waals surface area contributed by atoms with Crippen LogP contribution in [0.3, 0.4) is 0 Å². The topological polar surface area (TPSA) is 104 Å². The lowest BCUT2D eigenvalue weighted by Gasteiger charge is -2.32. The predicted octanol–water partition coefficient (Wildman–Crippen LogP) is 5.23. The summed E-state index contributed by atoms with van der Waals surface area (Å²) in [5, 5.41) is 10.3. The monoisotopic (exact) mass is 501 g/mol. The molecule has 36 heavy (non-hydrogen) atoms. The smallest absolute Gasteiger partial charge is 0.310 e. The van der Waals surface area contributed by atoms with E-state index in [-0.39, 0.29) is 35.6 Å². The first-order valence-corrected chi connectivity index (χ1v) is 12.5. The molecule has 4 atom stereocenters. The maximum atomic E-state index is 13.3. The number of esters is 1. The quantitative estimate of drug-likeness (QED) is 0.261. The molecule has 0 radical (unpaired) electrons. The van der Waals surface area contributed by atoms with Gasteiger partial charge in [-0.05, 0) is 37.8 Å². The van der Waals surface area contributed by atoms with Gasteiger partial charge in [-0.1, -0.05) is 45.9 Å². The SMILES string of the molecule is CCCO[C@@H](CC)[C@@H](Oc1ccccc1)[C@H](C)OC(=O)[C@@H](CC(=O)c1nccc(OC)c1O)C(C)C. The summed E-state index contributed by atoms with van der Waals surface area (Å²) in [6.07, 6.45) is 1.27. The van der Waals surface area contributed by atoms with Gasteiger partial charge in [0.2, 0.25) is 0 Å². The fourth-order valence-electron chi connectivity index (χ4n) is 3.87. The highest BCUT2D eigenvalue weighted by molar-refractivity contribution is 5.99. The number of Topliss-reactive ketones (excluding diaryl/α,β-unsaturated/α-hetero) is 1. The Hall–Kier alpha value is -3.13. The molecule has 198 valence electrons. The molecule has 2 aromatic rings. The van der Waals surface area contributed by atoms with Gasteiger partial charge in [0.25, 0.3) is 0 Å². The molecule has 0 amide bonds. The molecule has 1 heterocycles. The zero-order chi connectivity index (χ0) is 26.7. The highest BCUT2D eigenvalue weighted by atomic mass is 16.6. The maximum absolute atomic E-state index is 13.3. The molecule has 0 aliphatic rings. The Morgan fingerprint density at radius 2 is 1.75 bits per heavy atom. The molecule has 0 saturated carbocycles. The first-order valence-electron chi connectivity index (χ1n) is 12.5. The van der Waals surface area contributed by atoms with Gasteiger partial charge in [-0.15, -0.1) is 0 Å².